The standard InChI is InChI=1S/C25H21NO5/c1-29-22-12-11-18(14-23(22)30-16-17-7-3-2-4-8-17)13-19(15-24(27)28)25-26-20-9-5-6-10-21(20)31-25/h2-14H,15-16H2,1H3,(H,27,28)/b19-13+. The highest BCUT2D eigenvalue weighted by Gasteiger charge is 2.15. The molecule has 4 rings (SSSR count). The number of aromatic nitrogens is 1. The van der Waals surface area contributed by atoms with Gasteiger partial charge in [-0.15, -0.1) is 0 Å². The fourth-order valence-corrected chi connectivity index (χ4v) is 3.19. The number of ether oxygens (including phenoxy) is 2. The third-order valence-electron chi connectivity index (χ3n) is 4.68. The van der Waals surface area contributed by atoms with E-state index in [1.807, 2.05) is 60.7 Å². The van der Waals surface area contributed by atoms with Crippen LogP contribution in [0.3, 0.4) is 0 Å². The summed E-state index contributed by atoms with van der Waals surface area (Å²) in [7, 11) is 1.58. The van der Waals surface area contributed by atoms with Gasteiger partial charge in [-0.1, -0.05) is 48.5 Å². The summed E-state index contributed by atoms with van der Waals surface area (Å²) in [4.78, 5) is 15.9. The molecular weight excluding hydrogens is 394 g/mol. The van der Waals surface area contributed by atoms with E-state index in [0.29, 0.717) is 34.8 Å². The molecule has 0 spiro atoms. The third-order valence-corrected chi connectivity index (χ3v) is 4.68. The molecule has 4 aromatic rings. The molecule has 1 aromatic heterocycles. The van der Waals surface area contributed by atoms with E-state index in [9.17, 15) is 9.90 Å². The second-order valence-electron chi connectivity index (χ2n) is 6.91. The molecule has 1 N–H and O–H groups in total. The van der Waals surface area contributed by atoms with Gasteiger partial charge in [0.05, 0.1) is 13.5 Å². The second kappa shape index (κ2) is 9.17. The number of aliphatic carboxylic acids is 1. The van der Waals surface area contributed by atoms with E-state index in [2.05, 4.69) is 4.98 Å². The number of para-hydroxylation sites is 2. The first-order chi connectivity index (χ1) is 15.1. The highest BCUT2D eigenvalue weighted by Crippen LogP contribution is 2.32. The number of nitrogens with zero attached hydrogens (tertiary/aromatic N) is 1. The zero-order valence-corrected chi connectivity index (χ0v) is 16.9. The molecule has 0 atom stereocenters. The fraction of sp³-hybridized carbons (Fsp3) is 0.120. The SMILES string of the molecule is COc1ccc(/C=C(\CC(=O)O)c2nc3ccccc3o2)cc1OCc1ccccc1. The summed E-state index contributed by atoms with van der Waals surface area (Å²) in [6.07, 6.45) is 1.52. The van der Waals surface area contributed by atoms with Crippen LogP contribution in [0.15, 0.2) is 77.2 Å². The Balaban J connectivity index is 1.67. The average Bonchev–Trinajstić information content (AvgIpc) is 3.22. The van der Waals surface area contributed by atoms with Crippen LogP contribution in [0.1, 0.15) is 23.4 Å². The van der Waals surface area contributed by atoms with Crippen LogP contribution in [0, 0.1) is 0 Å². The Morgan fingerprint density at radius 2 is 1.81 bits per heavy atom. The van der Waals surface area contributed by atoms with Gasteiger partial charge < -0.3 is 19.0 Å². The maximum absolute atomic E-state index is 11.5. The molecule has 31 heavy (non-hydrogen) atoms. The van der Waals surface area contributed by atoms with Crippen molar-refractivity contribution in [2.45, 2.75) is 13.0 Å². The summed E-state index contributed by atoms with van der Waals surface area (Å²) >= 11 is 0. The lowest BCUT2D eigenvalue weighted by atomic mass is 10.1. The van der Waals surface area contributed by atoms with Crippen LogP contribution >= 0.6 is 0 Å². The van der Waals surface area contributed by atoms with E-state index < -0.39 is 5.97 Å². The molecule has 0 bridgehead atoms. The molecule has 156 valence electrons. The number of fused-ring (bicyclic) bond motifs is 1. The third kappa shape index (κ3) is 4.93. The summed E-state index contributed by atoms with van der Waals surface area (Å²) in [5.41, 5.74) is 3.53. The second-order valence-corrected chi connectivity index (χ2v) is 6.91. The molecule has 0 fully saturated rings. The van der Waals surface area contributed by atoms with Gasteiger partial charge in [-0.05, 0) is 41.5 Å². The van der Waals surface area contributed by atoms with Crippen LogP contribution in [0.4, 0.5) is 0 Å². The van der Waals surface area contributed by atoms with E-state index >= 15 is 0 Å². The molecule has 0 amide bonds. The molecule has 0 aliphatic heterocycles. The van der Waals surface area contributed by atoms with Crippen molar-refractivity contribution in [3.63, 3.8) is 0 Å². The van der Waals surface area contributed by atoms with Crippen molar-refractivity contribution >= 4 is 28.7 Å². The lowest BCUT2D eigenvalue weighted by Crippen LogP contribution is -1.99. The number of carboxylic acid groups (broad SMARTS) is 1. The number of benzene rings is 3. The molecule has 0 radical (unpaired) electrons. The van der Waals surface area contributed by atoms with Crippen molar-refractivity contribution in [2.24, 2.45) is 0 Å². The molecule has 0 aliphatic carbocycles. The first-order valence-corrected chi connectivity index (χ1v) is 9.75. The topological polar surface area (TPSA) is 81.8 Å². The Morgan fingerprint density at radius 3 is 2.55 bits per heavy atom. The minimum absolute atomic E-state index is 0.223. The molecule has 0 saturated carbocycles. The van der Waals surface area contributed by atoms with Gasteiger partial charge in [0, 0.05) is 5.57 Å². The van der Waals surface area contributed by atoms with Gasteiger partial charge in [-0.25, -0.2) is 4.98 Å². The van der Waals surface area contributed by atoms with Gasteiger partial charge in [-0.2, -0.15) is 0 Å². The van der Waals surface area contributed by atoms with Crippen LogP contribution in [0.2, 0.25) is 0 Å². The van der Waals surface area contributed by atoms with Crippen molar-refractivity contribution in [3.8, 4) is 11.5 Å². The lowest BCUT2D eigenvalue weighted by Gasteiger charge is -2.12. The Bertz CT molecular complexity index is 1190. The lowest BCUT2D eigenvalue weighted by molar-refractivity contribution is -0.135. The largest absolute Gasteiger partial charge is 0.493 e. The first-order valence-electron chi connectivity index (χ1n) is 9.75. The van der Waals surface area contributed by atoms with Crippen molar-refractivity contribution < 1.29 is 23.8 Å². The van der Waals surface area contributed by atoms with Gasteiger partial charge in [0.2, 0.25) is 5.89 Å². The maximum atomic E-state index is 11.5. The molecule has 6 nitrogen and oxygen atoms in total. The maximum Gasteiger partial charge on any atom is 0.308 e. The number of hydrogen-bond acceptors (Lipinski definition) is 5. The predicted molar refractivity (Wildman–Crippen MR) is 118 cm³/mol. The molecule has 0 unspecified atom stereocenters. The van der Waals surface area contributed by atoms with Gasteiger partial charge in [0.15, 0.2) is 17.1 Å². The normalized spacial score (nSPS) is 11.5. The van der Waals surface area contributed by atoms with E-state index in [1.54, 1.807) is 25.3 Å². The summed E-state index contributed by atoms with van der Waals surface area (Å²) in [5, 5.41) is 9.39. The molecule has 1 heterocycles. The zero-order chi connectivity index (χ0) is 21.6. The van der Waals surface area contributed by atoms with Gasteiger partial charge in [-0.3, -0.25) is 4.79 Å². The smallest absolute Gasteiger partial charge is 0.308 e. The molecule has 0 aliphatic rings. The Hall–Kier alpha value is -4.06. The number of methoxy groups -OCH3 is 1. The highest BCUT2D eigenvalue weighted by molar-refractivity contribution is 5.91. The van der Waals surface area contributed by atoms with E-state index in [0.717, 1.165) is 11.1 Å². The summed E-state index contributed by atoms with van der Waals surface area (Å²) < 4.78 is 17.2. The van der Waals surface area contributed by atoms with E-state index in [4.69, 9.17) is 13.9 Å². The van der Waals surface area contributed by atoms with E-state index in [1.165, 1.54) is 0 Å². The number of oxazole rings is 1. The minimum atomic E-state index is -0.970. The number of rotatable bonds is 8. The Morgan fingerprint density at radius 1 is 1.03 bits per heavy atom. The predicted octanol–water partition coefficient (Wildman–Crippen LogP) is 5.43. The van der Waals surface area contributed by atoms with Crippen LogP contribution < -0.4 is 9.47 Å². The van der Waals surface area contributed by atoms with Crippen LogP contribution in [0.25, 0.3) is 22.7 Å². The monoisotopic (exact) mass is 415 g/mol. The molecule has 0 saturated heterocycles. The summed E-state index contributed by atoms with van der Waals surface area (Å²) in [6, 6.07) is 22.6. The minimum Gasteiger partial charge on any atom is -0.493 e. The van der Waals surface area contributed by atoms with Crippen LogP contribution in [-0.2, 0) is 11.4 Å². The number of hydrogen-bond donors (Lipinski definition) is 1. The quantitative estimate of drug-likeness (QED) is 0.413. The number of carbonyl (C=O) groups is 1. The van der Waals surface area contributed by atoms with Crippen LogP contribution in [0.5, 0.6) is 11.5 Å². The van der Waals surface area contributed by atoms with Gasteiger partial charge in [0.25, 0.3) is 0 Å². The Kier molecular flexibility index (Phi) is 5.98. The number of carboxylic acids is 1. The average molecular weight is 415 g/mol. The summed E-state index contributed by atoms with van der Waals surface area (Å²) in [6.45, 7) is 0.386. The van der Waals surface area contributed by atoms with Crippen molar-refractivity contribution in [1.82, 2.24) is 4.98 Å². The van der Waals surface area contributed by atoms with Crippen molar-refractivity contribution in [1.29, 1.82) is 0 Å². The van der Waals surface area contributed by atoms with Crippen LogP contribution in [-0.4, -0.2) is 23.2 Å². The fourth-order valence-electron chi connectivity index (χ4n) is 3.19. The first kappa shape index (κ1) is 20.2. The highest BCUT2D eigenvalue weighted by atomic mass is 16.5. The summed E-state index contributed by atoms with van der Waals surface area (Å²) in [5.74, 6) is 0.468. The Labute approximate surface area is 179 Å². The van der Waals surface area contributed by atoms with Crippen molar-refractivity contribution in [2.75, 3.05) is 7.11 Å². The molecule has 6 heteroatoms. The van der Waals surface area contributed by atoms with Gasteiger partial charge >= 0.3 is 5.97 Å². The van der Waals surface area contributed by atoms with Gasteiger partial charge in [0.1, 0.15) is 12.1 Å². The zero-order valence-electron chi connectivity index (χ0n) is 16.9. The van der Waals surface area contributed by atoms with Crippen molar-refractivity contribution in [3.05, 3.63) is 89.8 Å². The van der Waals surface area contributed by atoms with E-state index in [-0.39, 0.29) is 12.3 Å². The molecular formula is C25H21NO5. The molecule has 3 aromatic carbocycles.